The number of nitrogen functional groups attached to an aromatic ring is 1. The maximum absolute atomic E-state index is 11.8. The zero-order chi connectivity index (χ0) is 24.1. The van der Waals surface area contributed by atoms with E-state index in [-0.39, 0.29) is 17.0 Å². The van der Waals surface area contributed by atoms with Gasteiger partial charge in [0.2, 0.25) is 6.29 Å². The number of aliphatic hydroxyl groups is 2. The highest BCUT2D eigenvalue weighted by Gasteiger charge is 2.52. The fraction of sp³-hybridized carbons (Fsp3) is 0.500. The average molecular weight is 523 g/mol. The van der Waals surface area contributed by atoms with Crippen LogP contribution in [0.4, 0.5) is 5.82 Å². The SMILES string of the molecule is Nc1ncnc2c1ncn2[C@@H]1O[C@H](C(OP(=O)(O)O)OP(=O)(O)OS(=O)(=O)O)[C@@H](O)[C@H]1O. The quantitative estimate of drug-likeness (QED) is 0.106. The molecule has 1 fully saturated rings. The summed E-state index contributed by atoms with van der Waals surface area (Å²) in [6, 6.07) is 0. The second-order valence-electron chi connectivity index (χ2n) is 6.10. The van der Waals surface area contributed by atoms with Crippen molar-refractivity contribution in [3.05, 3.63) is 12.7 Å². The molecule has 8 N–H and O–H groups in total. The van der Waals surface area contributed by atoms with E-state index in [1.165, 1.54) is 0 Å². The number of hydrogen-bond acceptors (Lipinski definition) is 14. The first kappa shape index (κ1) is 25.0. The minimum atomic E-state index is -5.82. The molecule has 0 radical (unpaired) electrons. The number of imidazole rings is 1. The molecule has 32 heavy (non-hydrogen) atoms. The van der Waals surface area contributed by atoms with Crippen molar-refractivity contribution in [2.24, 2.45) is 0 Å². The predicted molar refractivity (Wildman–Crippen MR) is 96.1 cm³/mol. The molecule has 3 heterocycles. The van der Waals surface area contributed by atoms with E-state index in [1.54, 1.807) is 0 Å². The van der Waals surface area contributed by atoms with Crippen LogP contribution in [0.25, 0.3) is 11.2 Å². The topological polar surface area (TPSA) is 296 Å². The smallest absolute Gasteiger partial charge is 0.387 e. The molecule has 19 nitrogen and oxygen atoms in total. The van der Waals surface area contributed by atoms with E-state index < -0.39 is 56.9 Å². The van der Waals surface area contributed by atoms with Gasteiger partial charge in [-0.05, 0) is 0 Å². The third-order valence-corrected chi connectivity index (χ3v) is 6.34. The third kappa shape index (κ3) is 5.64. The summed E-state index contributed by atoms with van der Waals surface area (Å²) in [6.45, 7) is 0. The van der Waals surface area contributed by atoms with E-state index in [0.717, 1.165) is 17.2 Å². The lowest BCUT2D eigenvalue weighted by molar-refractivity contribution is -0.154. The number of fused-ring (bicyclic) bond motifs is 1. The number of nitrogens with two attached hydrogens (primary N) is 1. The Kier molecular flexibility index (Phi) is 6.73. The van der Waals surface area contributed by atoms with Crippen molar-refractivity contribution in [3.8, 4) is 0 Å². The summed E-state index contributed by atoms with van der Waals surface area (Å²) in [6.07, 6.45) is -8.28. The molecule has 1 aliphatic heterocycles. The van der Waals surface area contributed by atoms with Crippen LogP contribution in [0.1, 0.15) is 6.23 Å². The molecule has 0 saturated carbocycles. The van der Waals surface area contributed by atoms with Crippen molar-refractivity contribution in [3.63, 3.8) is 0 Å². The van der Waals surface area contributed by atoms with Crippen LogP contribution in [0.5, 0.6) is 0 Å². The zero-order valence-corrected chi connectivity index (χ0v) is 17.8. The monoisotopic (exact) mass is 523 g/mol. The molecule has 1 saturated heterocycles. The summed E-state index contributed by atoms with van der Waals surface area (Å²) in [5.41, 5.74) is 5.72. The molecular formula is C10H15N5O14P2S. The molecule has 0 aromatic carbocycles. The fourth-order valence-electron chi connectivity index (χ4n) is 2.74. The minimum absolute atomic E-state index is 0.00492. The Morgan fingerprint density at radius 2 is 1.78 bits per heavy atom. The van der Waals surface area contributed by atoms with Crippen molar-refractivity contribution >= 4 is 43.0 Å². The van der Waals surface area contributed by atoms with Crippen molar-refractivity contribution in [2.45, 2.75) is 30.8 Å². The highest BCUT2D eigenvalue weighted by molar-refractivity contribution is 7.85. The molecule has 6 atom stereocenters. The van der Waals surface area contributed by atoms with Crippen LogP contribution >= 0.6 is 15.6 Å². The number of anilines is 1. The molecule has 0 bridgehead atoms. The van der Waals surface area contributed by atoms with E-state index in [2.05, 4.69) is 28.0 Å². The Balaban J connectivity index is 1.94. The number of aliphatic hydroxyl groups excluding tert-OH is 2. The molecule has 2 aromatic heterocycles. The summed E-state index contributed by atoms with van der Waals surface area (Å²) in [5, 5.41) is 20.6. The van der Waals surface area contributed by atoms with Gasteiger partial charge in [-0.25, -0.2) is 24.1 Å². The highest BCUT2D eigenvalue weighted by atomic mass is 32.3. The van der Waals surface area contributed by atoms with E-state index in [0.29, 0.717) is 0 Å². The summed E-state index contributed by atoms with van der Waals surface area (Å²) >= 11 is 0. The number of ether oxygens (including phenoxy) is 1. The van der Waals surface area contributed by atoms with Crippen LogP contribution in [-0.4, -0.2) is 82.0 Å². The molecular weight excluding hydrogens is 508 g/mol. The minimum Gasteiger partial charge on any atom is -0.387 e. The summed E-state index contributed by atoms with van der Waals surface area (Å²) in [5.74, 6) is -0.0482. The lowest BCUT2D eigenvalue weighted by Gasteiger charge is -2.26. The second kappa shape index (κ2) is 8.61. The van der Waals surface area contributed by atoms with Crippen LogP contribution in [0.15, 0.2) is 12.7 Å². The van der Waals surface area contributed by atoms with E-state index in [9.17, 15) is 32.7 Å². The number of hydrogen-bond donors (Lipinski definition) is 7. The molecule has 0 aliphatic carbocycles. The Hall–Kier alpha value is -1.64. The normalized spacial score (nSPS) is 27.4. The molecule has 2 unspecified atom stereocenters. The average Bonchev–Trinajstić information content (AvgIpc) is 3.14. The molecule has 0 amide bonds. The number of rotatable bonds is 8. The van der Waals surface area contributed by atoms with E-state index >= 15 is 0 Å². The van der Waals surface area contributed by atoms with Gasteiger partial charge in [0.05, 0.1) is 6.33 Å². The van der Waals surface area contributed by atoms with Crippen molar-refractivity contribution < 1.29 is 64.7 Å². The van der Waals surface area contributed by atoms with E-state index in [4.69, 9.17) is 24.8 Å². The Bertz CT molecular complexity index is 1200. The Morgan fingerprint density at radius 3 is 2.38 bits per heavy atom. The summed E-state index contributed by atoms with van der Waals surface area (Å²) in [7, 11) is -16.9. The van der Waals surface area contributed by atoms with Crippen LogP contribution in [0, 0.1) is 0 Å². The molecule has 22 heteroatoms. The van der Waals surface area contributed by atoms with Gasteiger partial charge in [-0.2, -0.15) is 8.42 Å². The van der Waals surface area contributed by atoms with Crippen LogP contribution in [0.2, 0.25) is 0 Å². The van der Waals surface area contributed by atoms with Crippen LogP contribution in [-0.2, 0) is 37.3 Å². The maximum atomic E-state index is 11.8. The van der Waals surface area contributed by atoms with Crippen LogP contribution in [0.3, 0.4) is 0 Å². The Labute approximate surface area is 177 Å². The van der Waals surface area contributed by atoms with Crippen molar-refractivity contribution in [2.75, 3.05) is 5.73 Å². The standard InChI is InChI=1S/C10H15N5O14P2S/c11-7-3-8(13-1-12-7)15(2-14-3)9-5(17)4(16)6(26-9)10(27-30(18,19)20)28-31(21,22)29-32(23,24)25/h1-2,4-6,9-10,16-17H,(H,21,22)(H2,11,12,13)(H2,18,19,20)(H,23,24,25)/t4-,5+,6-,9+,10?/m0/s1. The summed E-state index contributed by atoms with van der Waals surface area (Å²) in [4.78, 5) is 39.0. The number of phosphoric acid groups is 2. The second-order valence-corrected chi connectivity index (χ2v) is 9.89. The van der Waals surface area contributed by atoms with Gasteiger partial charge in [-0.1, -0.05) is 0 Å². The van der Waals surface area contributed by atoms with Gasteiger partial charge in [-0.15, -0.1) is 3.97 Å². The molecule has 180 valence electrons. The largest absolute Gasteiger partial charge is 0.491 e. The van der Waals surface area contributed by atoms with Crippen LogP contribution < -0.4 is 5.73 Å². The van der Waals surface area contributed by atoms with Crippen molar-refractivity contribution in [1.29, 1.82) is 0 Å². The van der Waals surface area contributed by atoms with Gasteiger partial charge in [0.25, 0.3) is 0 Å². The maximum Gasteiger partial charge on any atom is 0.491 e. The van der Waals surface area contributed by atoms with Gasteiger partial charge < -0.3 is 35.4 Å². The highest BCUT2D eigenvalue weighted by Crippen LogP contribution is 2.51. The van der Waals surface area contributed by atoms with Gasteiger partial charge in [0.1, 0.15) is 30.2 Å². The number of nitrogens with zero attached hydrogens (tertiary/aromatic N) is 4. The lowest BCUT2D eigenvalue weighted by atomic mass is 10.1. The number of phosphoric ester groups is 2. The predicted octanol–water partition coefficient (Wildman–Crippen LogP) is -2.60. The first-order chi connectivity index (χ1) is 14.6. The molecule has 1 aliphatic rings. The van der Waals surface area contributed by atoms with Gasteiger partial charge >= 0.3 is 26.0 Å². The van der Waals surface area contributed by atoms with Gasteiger partial charge in [-0.3, -0.25) is 18.2 Å². The Morgan fingerprint density at radius 1 is 1.12 bits per heavy atom. The van der Waals surface area contributed by atoms with Crippen molar-refractivity contribution in [1.82, 2.24) is 19.5 Å². The third-order valence-electron chi connectivity index (χ3n) is 3.87. The molecule has 0 spiro atoms. The van der Waals surface area contributed by atoms with Gasteiger partial charge in [0.15, 0.2) is 17.7 Å². The van der Waals surface area contributed by atoms with Gasteiger partial charge in [0, 0.05) is 0 Å². The first-order valence-electron chi connectivity index (χ1n) is 7.96. The molecule has 2 aromatic rings. The van der Waals surface area contributed by atoms with E-state index in [1.807, 2.05) is 0 Å². The lowest BCUT2D eigenvalue weighted by Crippen LogP contribution is -2.41. The summed E-state index contributed by atoms with van der Waals surface area (Å²) < 4.78 is 71.1. The molecule has 3 rings (SSSR count). The first-order valence-corrected chi connectivity index (χ1v) is 12.4. The number of aromatic nitrogens is 4. The zero-order valence-electron chi connectivity index (χ0n) is 15.2. The fourth-order valence-corrected chi connectivity index (χ4v) is 4.76.